The molecule has 0 aromatic heterocycles. The van der Waals surface area contributed by atoms with Crippen molar-refractivity contribution in [2.75, 3.05) is 0 Å². The first-order valence-electron chi connectivity index (χ1n) is 21.5. The van der Waals surface area contributed by atoms with Crippen molar-refractivity contribution >= 4 is 36.2 Å². The van der Waals surface area contributed by atoms with Gasteiger partial charge in [0.25, 0.3) is 0 Å². The summed E-state index contributed by atoms with van der Waals surface area (Å²) >= 11 is 0. The molecule has 19 heteroatoms. The SMILES string of the molecule is C.C#CC#CC#CC#CC#CC#CC#CC#CC#CC#CC#CC#CC#CC#CC#CC.O[Si](O)(O)O.O[Si](O)(O)O[Si](O)(O)O.[HH].c1ccc(CO[Si](OCc2ccccc2)(OCc2ccccc2)OCc2ccccc2)cc1. The van der Waals surface area contributed by atoms with Gasteiger partial charge in [0.1, 0.15) is 0 Å². The van der Waals surface area contributed by atoms with E-state index in [1.165, 1.54) is 0 Å². The molecule has 4 rings (SSSR count). The molecule has 0 aliphatic rings. The van der Waals surface area contributed by atoms with Gasteiger partial charge in [-0.3, -0.25) is 0 Å². The molecule has 10 N–H and O–H groups in total. The molecule has 0 saturated heterocycles. The lowest BCUT2D eigenvalue weighted by Crippen LogP contribution is -2.53. The van der Waals surface area contributed by atoms with Gasteiger partial charge in [0.2, 0.25) is 0 Å². The molecule has 0 radical (unpaired) electrons. The van der Waals surface area contributed by atoms with Crippen LogP contribution < -0.4 is 0 Å². The minimum atomic E-state index is -4.98. The van der Waals surface area contributed by atoms with Crippen molar-refractivity contribution in [2.45, 2.75) is 40.8 Å². The van der Waals surface area contributed by atoms with Gasteiger partial charge in [-0.15, -0.1) is 6.42 Å². The van der Waals surface area contributed by atoms with Crippen LogP contribution in [-0.4, -0.2) is 84.1 Å². The van der Waals surface area contributed by atoms with Crippen LogP contribution in [-0.2, 0) is 48.2 Å². The van der Waals surface area contributed by atoms with Crippen LogP contribution >= 0.6 is 0 Å². The van der Waals surface area contributed by atoms with E-state index in [4.69, 9.17) is 72.1 Å². The second-order valence-corrected chi connectivity index (χ2v) is 19.7. The fourth-order valence-corrected chi connectivity index (χ4v) is 7.64. The maximum absolute atomic E-state index is 7.94. The summed E-state index contributed by atoms with van der Waals surface area (Å²) in [5.74, 6) is 71.9. The van der Waals surface area contributed by atoms with Crippen LogP contribution in [0.3, 0.4) is 0 Å². The van der Waals surface area contributed by atoms with Gasteiger partial charge in [0.15, 0.2) is 0 Å². The Bertz CT molecular complexity index is 3330. The van der Waals surface area contributed by atoms with Crippen LogP contribution in [0.25, 0.3) is 0 Å². The Morgan fingerprint density at radius 2 is 0.506 bits per heavy atom. The van der Waals surface area contributed by atoms with Gasteiger partial charge in [-0.1, -0.05) is 135 Å². The molecular weight excluding hydrogens is 1070 g/mol. The van der Waals surface area contributed by atoms with Gasteiger partial charge < -0.3 is 69.8 Å². The van der Waals surface area contributed by atoms with Gasteiger partial charge in [-0.05, 0) is 124 Å². The van der Waals surface area contributed by atoms with Gasteiger partial charge in [0.05, 0.1) is 26.4 Å². The largest absolute Gasteiger partial charge is 0.680 e. The summed E-state index contributed by atoms with van der Waals surface area (Å²) in [5, 5.41) is 0. The van der Waals surface area contributed by atoms with E-state index in [1.807, 2.05) is 121 Å². The first-order chi connectivity index (χ1) is 37.4. The predicted molar refractivity (Wildman–Crippen MR) is 303 cm³/mol. The smallest absolute Gasteiger partial charge is 0.368 e. The third-order valence-corrected chi connectivity index (χ3v) is 11.3. The highest BCUT2D eigenvalue weighted by atomic mass is 28.5. The molecule has 0 heterocycles. The summed E-state index contributed by atoms with van der Waals surface area (Å²) in [5.41, 5.74) is 4.13. The lowest BCUT2D eigenvalue weighted by molar-refractivity contribution is -0.0521. The Hall–Kier alpha value is -9.45. The zero-order valence-electron chi connectivity index (χ0n) is 41.0. The van der Waals surface area contributed by atoms with Crippen LogP contribution in [0.5, 0.6) is 0 Å². The molecular formula is C60H48O15Si4. The molecule has 4 aromatic carbocycles. The molecule has 15 nitrogen and oxygen atoms in total. The summed E-state index contributed by atoms with van der Waals surface area (Å²) in [6.07, 6.45) is 4.92. The highest BCUT2D eigenvalue weighted by molar-refractivity contribution is 6.63. The minimum absolute atomic E-state index is 0. The normalized spacial score (nSPS) is 8.63. The van der Waals surface area contributed by atoms with E-state index in [0.717, 1.165) is 22.3 Å². The number of terminal acetylenes is 1. The Balaban J connectivity index is 0. The first-order valence-corrected chi connectivity index (χ1v) is 28.4. The third kappa shape index (κ3) is 46.8. The fraction of sp³-hybridized carbons (Fsp3) is 0.100. The molecule has 79 heavy (non-hydrogen) atoms. The number of hydrogen-bond donors (Lipinski definition) is 10. The molecule has 0 fully saturated rings. The highest BCUT2D eigenvalue weighted by Gasteiger charge is 2.47. The molecule has 0 atom stereocenters. The second-order valence-electron chi connectivity index (χ2n) is 13.2. The first kappa shape index (κ1) is 69.5. The summed E-state index contributed by atoms with van der Waals surface area (Å²) in [7, 11) is -18.1. The number of hydrogen-bond acceptors (Lipinski definition) is 15. The molecule has 0 saturated carbocycles. The van der Waals surface area contributed by atoms with E-state index in [2.05, 4.69) is 176 Å². The van der Waals surface area contributed by atoms with Crippen molar-refractivity contribution in [1.82, 2.24) is 0 Å². The lowest BCUT2D eigenvalue weighted by Gasteiger charge is -2.28. The average molecular weight is 1120 g/mol. The van der Waals surface area contributed by atoms with Crippen molar-refractivity contribution < 1.29 is 71.2 Å². The topological polar surface area (TPSA) is 248 Å². The number of rotatable bonds is 14. The Kier molecular flexibility index (Phi) is 38.5. The van der Waals surface area contributed by atoms with E-state index in [-0.39, 0.29) is 8.85 Å². The van der Waals surface area contributed by atoms with E-state index < -0.39 is 36.2 Å². The summed E-state index contributed by atoms with van der Waals surface area (Å²) in [4.78, 5) is 76.9. The van der Waals surface area contributed by atoms with Crippen molar-refractivity contribution in [2.24, 2.45) is 0 Å². The summed E-state index contributed by atoms with van der Waals surface area (Å²) in [6, 6.07) is 40.0. The Morgan fingerprint density at radius 3 is 0.658 bits per heavy atom. The standard InChI is InChI=1S/C31H4.C28H28O4Si.CH4.H6O7Si2.H4O4Si.H2/c1-3-5-7-9-11-13-15-17-19-21-23-25-27-29-31-30-28-26-24-22-20-18-16-14-12-10-8-6-4-2;1-5-13-25(14-6-1)21-29-33(30-22-26-15-7-2-8-16-26,31-23-27-17-9-3-10-18-27)32-24-28-19-11-4-12-20-28;;1-8(2,3)7-9(4,5)6;1-5(2,3)4;/h1H,2H3;1-20H,21-24H2;1H4;1-6H;1-4H;1H. The maximum atomic E-state index is 7.94. The average Bonchev–Trinajstić information content (AvgIpc) is 3.40. The van der Waals surface area contributed by atoms with Gasteiger partial charge in [0, 0.05) is 72.5 Å². The van der Waals surface area contributed by atoms with Crippen LogP contribution in [0.1, 0.15) is 38.0 Å². The molecule has 0 unspecified atom stereocenters. The van der Waals surface area contributed by atoms with E-state index in [9.17, 15) is 0 Å². The zero-order valence-corrected chi connectivity index (χ0v) is 45.0. The molecule has 0 bridgehead atoms. The highest BCUT2D eigenvalue weighted by Crippen LogP contribution is 2.21. The molecule has 0 amide bonds. The number of benzene rings is 4. The minimum Gasteiger partial charge on any atom is -0.368 e. The quantitative estimate of drug-likeness (QED) is 0.0628. The molecule has 0 aliphatic carbocycles. The lowest BCUT2D eigenvalue weighted by atomic mass is 10.2. The monoisotopic (exact) mass is 1120 g/mol. The van der Waals surface area contributed by atoms with Crippen molar-refractivity contribution in [3.63, 3.8) is 0 Å². The van der Waals surface area contributed by atoms with Crippen LogP contribution in [0, 0.1) is 178 Å². The Labute approximate surface area is 467 Å². The maximum Gasteiger partial charge on any atom is 0.680 e. The summed E-state index contributed by atoms with van der Waals surface area (Å²) in [6.45, 7) is 3.05. The molecule has 0 aliphatic heterocycles. The van der Waals surface area contributed by atoms with Crippen LogP contribution in [0.4, 0.5) is 0 Å². The second kappa shape index (κ2) is 43.8. The van der Waals surface area contributed by atoms with Gasteiger partial charge in [-0.2, -0.15) is 0 Å². The Morgan fingerprint density at radius 1 is 0.329 bits per heavy atom. The van der Waals surface area contributed by atoms with Crippen LogP contribution in [0.2, 0.25) is 0 Å². The van der Waals surface area contributed by atoms with Gasteiger partial charge in [-0.25, -0.2) is 0 Å². The molecule has 0 spiro atoms. The molecule has 394 valence electrons. The van der Waals surface area contributed by atoms with E-state index in [0.29, 0.717) is 26.4 Å². The predicted octanol–water partition coefficient (Wildman–Crippen LogP) is 1.08. The van der Waals surface area contributed by atoms with Gasteiger partial charge >= 0.3 is 36.2 Å². The van der Waals surface area contributed by atoms with Crippen LogP contribution in [0.15, 0.2) is 121 Å². The van der Waals surface area contributed by atoms with E-state index in [1.54, 1.807) is 6.92 Å². The third-order valence-electron chi connectivity index (χ3n) is 7.13. The zero-order chi connectivity index (χ0) is 57.3. The fourth-order valence-electron chi connectivity index (χ4n) is 4.30. The summed E-state index contributed by atoms with van der Waals surface area (Å²) < 4.78 is 28.6. The van der Waals surface area contributed by atoms with Crippen molar-refractivity contribution in [3.05, 3.63) is 144 Å². The molecule has 4 aromatic rings. The van der Waals surface area contributed by atoms with Crippen molar-refractivity contribution in [3.8, 4) is 178 Å². The van der Waals surface area contributed by atoms with Crippen molar-refractivity contribution in [1.29, 1.82) is 0 Å². The van der Waals surface area contributed by atoms with E-state index >= 15 is 0 Å².